The lowest BCUT2D eigenvalue weighted by Gasteiger charge is -2.41. The molecule has 1 aliphatic carbocycles. The van der Waals surface area contributed by atoms with Crippen molar-refractivity contribution >= 4 is 0 Å². The second-order valence-corrected chi connectivity index (χ2v) is 3.06. The van der Waals surface area contributed by atoms with E-state index in [1.807, 2.05) is 0 Å². The van der Waals surface area contributed by atoms with Crippen molar-refractivity contribution in [3.63, 3.8) is 0 Å². The Bertz CT molecular complexity index is 78.4. The summed E-state index contributed by atoms with van der Waals surface area (Å²) in [6, 6.07) is 0.934. The molecular formula is C7H13N. The molecule has 2 aliphatic rings. The van der Waals surface area contributed by atoms with Crippen molar-refractivity contribution < 1.29 is 0 Å². The lowest BCUT2D eigenvalue weighted by molar-refractivity contribution is 0.166. The summed E-state index contributed by atoms with van der Waals surface area (Å²) in [6.45, 7) is 1.31. The van der Waals surface area contributed by atoms with E-state index >= 15 is 0 Å². The molecule has 1 heterocycles. The van der Waals surface area contributed by atoms with E-state index in [2.05, 4.69) is 5.32 Å². The molecule has 1 saturated carbocycles. The highest BCUT2D eigenvalue weighted by atomic mass is 15.0. The zero-order valence-corrected chi connectivity index (χ0v) is 5.19. The van der Waals surface area contributed by atoms with Crippen LogP contribution in [0.25, 0.3) is 0 Å². The molecule has 46 valence electrons. The molecule has 1 saturated heterocycles. The molecule has 0 radical (unpaired) electrons. The minimum absolute atomic E-state index is 0.934. The third kappa shape index (κ3) is 0.576. The summed E-state index contributed by atoms with van der Waals surface area (Å²) in [5.74, 6) is 1.07. The Morgan fingerprint density at radius 3 is 2.38 bits per heavy atom. The van der Waals surface area contributed by atoms with Gasteiger partial charge in [0.15, 0.2) is 0 Å². The van der Waals surface area contributed by atoms with E-state index in [-0.39, 0.29) is 0 Å². The number of nitrogens with one attached hydrogen (secondary N) is 1. The van der Waals surface area contributed by atoms with Crippen molar-refractivity contribution in [1.29, 1.82) is 0 Å². The largest absolute Gasteiger partial charge is 0.313 e. The highest BCUT2D eigenvalue weighted by molar-refractivity contribution is 4.90. The minimum Gasteiger partial charge on any atom is -0.313 e. The molecule has 0 amide bonds. The summed E-state index contributed by atoms with van der Waals surface area (Å²) in [5.41, 5.74) is 0. The maximum atomic E-state index is 3.45. The molecule has 1 nitrogen and oxygen atoms in total. The van der Waals surface area contributed by atoms with Crippen molar-refractivity contribution in [1.82, 2.24) is 5.32 Å². The van der Waals surface area contributed by atoms with Gasteiger partial charge in [-0.05, 0) is 25.3 Å². The first-order chi connectivity index (χ1) is 3.97. The molecule has 0 unspecified atom stereocenters. The minimum atomic E-state index is 0.934. The van der Waals surface area contributed by atoms with Crippen LogP contribution in [0.3, 0.4) is 0 Å². The molecule has 1 N–H and O–H groups in total. The fourth-order valence-electron chi connectivity index (χ4n) is 1.86. The average molecular weight is 111 g/mol. The molecule has 2 rings (SSSR count). The van der Waals surface area contributed by atoms with Gasteiger partial charge in [0.2, 0.25) is 0 Å². The van der Waals surface area contributed by atoms with Gasteiger partial charge in [-0.2, -0.15) is 0 Å². The monoisotopic (exact) mass is 111 g/mol. The highest BCUT2D eigenvalue weighted by Gasteiger charge is 2.31. The first kappa shape index (κ1) is 4.80. The van der Waals surface area contributed by atoms with Gasteiger partial charge in [-0.3, -0.25) is 0 Å². The maximum Gasteiger partial charge on any atom is 0.0108 e. The van der Waals surface area contributed by atoms with Crippen molar-refractivity contribution in [3.8, 4) is 0 Å². The topological polar surface area (TPSA) is 12.0 Å². The van der Waals surface area contributed by atoms with E-state index < -0.39 is 0 Å². The molecule has 1 aliphatic heterocycles. The van der Waals surface area contributed by atoms with Gasteiger partial charge in [0.25, 0.3) is 0 Å². The zero-order valence-electron chi connectivity index (χ0n) is 5.19. The summed E-state index contributed by atoms with van der Waals surface area (Å²) in [5, 5.41) is 3.45. The fourth-order valence-corrected chi connectivity index (χ4v) is 1.86. The molecular weight excluding hydrogens is 98.1 g/mol. The van der Waals surface area contributed by atoms with Crippen LogP contribution in [0.15, 0.2) is 0 Å². The van der Waals surface area contributed by atoms with E-state index in [1.54, 1.807) is 0 Å². The molecule has 2 fully saturated rings. The summed E-state index contributed by atoms with van der Waals surface area (Å²) in [4.78, 5) is 0. The van der Waals surface area contributed by atoms with Crippen LogP contribution < -0.4 is 5.32 Å². The molecule has 2 atom stereocenters. The Morgan fingerprint density at radius 1 is 1.12 bits per heavy atom. The van der Waals surface area contributed by atoms with E-state index in [4.69, 9.17) is 0 Å². The molecule has 0 aromatic heterocycles. The smallest absolute Gasteiger partial charge is 0.0108 e. The van der Waals surface area contributed by atoms with Crippen LogP contribution >= 0.6 is 0 Å². The number of fused-ring (bicyclic) bond motifs is 1. The molecule has 0 bridgehead atoms. The van der Waals surface area contributed by atoms with Crippen molar-refractivity contribution in [2.24, 2.45) is 5.92 Å². The number of rotatable bonds is 0. The summed E-state index contributed by atoms with van der Waals surface area (Å²) >= 11 is 0. The second-order valence-electron chi connectivity index (χ2n) is 3.06. The van der Waals surface area contributed by atoms with Gasteiger partial charge in [-0.15, -0.1) is 0 Å². The van der Waals surface area contributed by atoms with Gasteiger partial charge < -0.3 is 5.32 Å². The zero-order chi connectivity index (χ0) is 5.40. The summed E-state index contributed by atoms with van der Waals surface area (Å²) in [6.07, 6.45) is 5.90. The number of hydrogen-bond donors (Lipinski definition) is 1. The van der Waals surface area contributed by atoms with Crippen molar-refractivity contribution in [2.75, 3.05) is 6.54 Å². The van der Waals surface area contributed by atoms with E-state index in [9.17, 15) is 0 Å². The van der Waals surface area contributed by atoms with Gasteiger partial charge >= 0.3 is 0 Å². The lowest BCUT2D eigenvalue weighted by Crippen LogP contribution is -2.54. The first-order valence-electron chi connectivity index (χ1n) is 3.70. The second kappa shape index (κ2) is 1.73. The van der Waals surface area contributed by atoms with Crippen LogP contribution in [0.5, 0.6) is 0 Å². The quantitative estimate of drug-likeness (QED) is 0.494. The summed E-state index contributed by atoms with van der Waals surface area (Å²) < 4.78 is 0. The normalized spacial score (nSPS) is 45.0. The standard InChI is InChI=1S/C7H13N/c1-2-4-7-6(3-1)5-8-7/h6-8H,1-5H2/t6-,7+/m1/s1. The van der Waals surface area contributed by atoms with Crippen LogP contribution in [-0.2, 0) is 0 Å². The third-order valence-electron chi connectivity index (χ3n) is 2.55. The predicted molar refractivity (Wildman–Crippen MR) is 33.7 cm³/mol. The molecule has 0 spiro atoms. The number of hydrogen-bond acceptors (Lipinski definition) is 1. The van der Waals surface area contributed by atoms with Gasteiger partial charge in [-0.1, -0.05) is 12.8 Å². The Labute approximate surface area is 50.5 Å². The molecule has 8 heavy (non-hydrogen) atoms. The highest BCUT2D eigenvalue weighted by Crippen LogP contribution is 2.29. The Morgan fingerprint density at radius 2 is 2.00 bits per heavy atom. The van der Waals surface area contributed by atoms with Gasteiger partial charge in [0.05, 0.1) is 0 Å². The van der Waals surface area contributed by atoms with Gasteiger partial charge in [-0.25, -0.2) is 0 Å². The van der Waals surface area contributed by atoms with Gasteiger partial charge in [0, 0.05) is 6.04 Å². The van der Waals surface area contributed by atoms with Crippen LogP contribution in [0.1, 0.15) is 25.7 Å². The lowest BCUT2D eigenvalue weighted by atomic mass is 9.79. The van der Waals surface area contributed by atoms with Gasteiger partial charge in [0.1, 0.15) is 0 Å². The first-order valence-corrected chi connectivity index (χ1v) is 3.70. The Hall–Kier alpha value is -0.0400. The molecule has 1 heteroatoms. The molecule has 0 aromatic rings. The Balaban J connectivity index is 1.92. The van der Waals surface area contributed by atoms with Crippen LogP contribution in [0.2, 0.25) is 0 Å². The fraction of sp³-hybridized carbons (Fsp3) is 1.00. The average Bonchev–Trinajstić information content (AvgIpc) is 1.72. The third-order valence-corrected chi connectivity index (χ3v) is 2.55. The van der Waals surface area contributed by atoms with Crippen molar-refractivity contribution in [3.05, 3.63) is 0 Å². The molecule has 0 aromatic carbocycles. The van der Waals surface area contributed by atoms with E-state index in [0.29, 0.717) is 0 Å². The van der Waals surface area contributed by atoms with Crippen molar-refractivity contribution in [2.45, 2.75) is 31.7 Å². The van der Waals surface area contributed by atoms with E-state index in [0.717, 1.165) is 12.0 Å². The summed E-state index contributed by atoms with van der Waals surface area (Å²) in [7, 11) is 0. The van der Waals surface area contributed by atoms with Crippen LogP contribution in [0, 0.1) is 5.92 Å². The van der Waals surface area contributed by atoms with Crippen LogP contribution in [0.4, 0.5) is 0 Å². The van der Waals surface area contributed by atoms with E-state index in [1.165, 1.54) is 32.2 Å². The predicted octanol–water partition coefficient (Wildman–Crippen LogP) is 1.15. The Kier molecular flexibility index (Phi) is 1.04. The maximum absolute atomic E-state index is 3.45. The SMILES string of the molecule is C1CC[C@@H]2NC[C@H]2C1. The van der Waals surface area contributed by atoms with Crippen LogP contribution in [-0.4, -0.2) is 12.6 Å².